The van der Waals surface area contributed by atoms with Crippen LogP contribution in [0.1, 0.15) is 51.9 Å². The molecule has 0 heterocycles. The molecule has 0 fully saturated rings. The molecule has 5 heteroatoms. The number of hydrogen-bond donors (Lipinski definition) is 0. The van der Waals surface area contributed by atoms with Gasteiger partial charge in [0.15, 0.2) is 11.5 Å². The smallest absolute Gasteiger partial charge is 0.338 e. The van der Waals surface area contributed by atoms with Gasteiger partial charge in [0, 0.05) is 0 Å². The van der Waals surface area contributed by atoms with Crippen molar-refractivity contribution in [2.24, 2.45) is 0 Å². The molecule has 0 atom stereocenters. The number of ether oxygens (including phenoxy) is 4. The summed E-state index contributed by atoms with van der Waals surface area (Å²) in [5, 5.41) is 0. The van der Waals surface area contributed by atoms with Crippen LogP contribution in [0, 0.1) is 0 Å². The highest BCUT2D eigenvalue weighted by atomic mass is 16.5. The summed E-state index contributed by atoms with van der Waals surface area (Å²) in [6.07, 6.45) is 5.87. The molecule has 0 aliphatic rings. The van der Waals surface area contributed by atoms with E-state index in [9.17, 15) is 4.79 Å². The third-order valence-corrected chi connectivity index (χ3v) is 3.62. The second-order valence-corrected chi connectivity index (χ2v) is 7.07. The van der Waals surface area contributed by atoms with Gasteiger partial charge in [0.05, 0.1) is 12.7 Å². The highest BCUT2D eigenvalue weighted by Gasteiger charge is 2.19. The van der Waals surface area contributed by atoms with E-state index in [4.69, 9.17) is 18.9 Å². The Balaban J connectivity index is 3.33. The van der Waals surface area contributed by atoms with Crippen LogP contribution in [0.5, 0.6) is 17.2 Å². The molecule has 28 heavy (non-hydrogen) atoms. The van der Waals surface area contributed by atoms with Crippen molar-refractivity contribution in [3.05, 3.63) is 52.6 Å². The van der Waals surface area contributed by atoms with E-state index in [1.165, 1.54) is 7.11 Å². The lowest BCUT2D eigenvalue weighted by molar-refractivity contribution is 0.0599. The lowest BCUT2D eigenvalue weighted by Gasteiger charge is -2.17. The van der Waals surface area contributed by atoms with E-state index < -0.39 is 5.97 Å². The molecule has 5 nitrogen and oxygen atoms in total. The zero-order valence-electron chi connectivity index (χ0n) is 18.0. The van der Waals surface area contributed by atoms with Crippen molar-refractivity contribution >= 4 is 5.97 Å². The van der Waals surface area contributed by atoms with E-state index >= 15 is 0 Å². The SMILES string of the molecule is COC(=O)c1cc(OCC=C(C)C)c(OCC=C(C)C)c(OCC=C(C)C)c1. The van der Waals surface area contributed by atoms with Crippen LogP contribution < -0.4 is 14.2 Å². The molecule has 0 bridgehead atoms. The predicted molar refractivity (Wildman–Crippen MR) is 113 cm³/mol. The fourth-order valence-corrected chi connectivity index (χ4v) is 2.06. The fraction of sp³-hybridized carbons (Fsp3) is 0.435. The number of carbonyl (C=O) groups is 1. The Morgan fingerprint density at radius 2 is 1.14 bits per heavy atom. The van der Waals surface area contributed by atoms with Gasteiger partial charge in [-0.2, -0.15) is 0 Å². The zero-order valence-corrected chi connectivity index (χ0v) is 18.0. The van der Waals surface area contributed by atoms with Crippen LogP contribution in [0.2, 0.25) is 0 Å². The summed E-state index contributed by atoms with van der Waals surface area (Å²) in [6, 6.07) is 3.24. The normalized spacial score (nSPS) is 9.82. The van der Waals surface area contributed by atoms with Crippen molar-refractivity contribution in [1.82, 2.24) is 0 Å². The van der Waals surface area contributed by atoms with Crippen molar-refractivity contribution in [1.29, 1.82) is 0 Å². The van der Waals surface area contributed by atoms with Crippen molar-refractivity contribution < 1.29 is 23.7 Å². The van der Waals surface area contributed by atoms with Gasteiger partial charge in [-0.1, -0.05) is 16.7 Å². The molecule has 0 saturated heterocycles. The Kier molecular flexibility index (Phi) is 9.93. The summed E-state index contributed by atoms with van der Waals surface area (Å²) in [5.41, 5.74) is 3.76. The maximum atomic E-state index is 12.1. The van der Waals surface area contributed by atoms with Crippen LogP contribution in [0.3, 0.4) is 0 Å². The van der Waals surface area contributed by atoms with Crippen LogP contribution in [-0.4, -0.2) is 32.9 Å². The first-order chi connectivity index (χ1) is 13.2. The van der Waals surface area contributed by atoms with Gasteiger partial charge in [0.25, 0.3) is 0 Å². The largest absolute Gasteiger partial charge is 0.485 e. The van der Waals surface area contributed by atoms with Gasteiger partial charge < -0.3 is 18.9 Å². The summed E-state index contributed by atoms with van der Waals surface area (Å²) in [4.78, 5) is 12.1. The summed E-state index contributed by atoms with van der Waals surface area (Å²) in [5.74, 6) is 0.883. The first-order valence-electron chi connectivity index (χ1n) is 9.29. The van der Waals surface area contributed by atoms with Crippen LogP contribution in [0.4, 0.5) is 0 Å². The molecule has 1 aromatic carbocycles. The van der Waals surface area contributed by atoms with E-state index in [2.05, 4.69) is 0 Å². The number of esters is 1. The second-order valence-electron chi connectivity index (χ2n) is 7.07. The van der Waals surface area contributed by atoms with Crippen LogP contribution in [0.15, 0.2) is 47.1 Å². The second kappa shape index (κ2) is 11.9. The summed E-state index contributed by atoms with van der Waals surface area (Å²) in [7, 11) is 1.34. The van der Waals surface area contributed by atoms with Crippen LogP contribution >= 0.6 is 0 Å². The van der Waals surface area contributed by atoms with E-state index in [1.807, 2.05) is 59.8 Å². The number of benzene rings is 1. The average Bonchev–Trinajstić information content (AvgIpc) is 2.61. The number of carbonyl (C=O) groups excluding carboxylic acids is 1. The number of methoxy groups -OCH3 is 1. The van der Waals surface area contributed by atoms with Gasteiger partial charge >= 0.3 is 5.97 Å². The molecule has 154 valence electrons. The fourth-order valence-electron chi connectivity index (χ4n) is 2.06. The van der Waals surface area contributed by atoms with E-state index in [-0.39, 0.29) is 0 Å². The van der Waals surface area contributed by atoms with Gasteiger partial charge in [-0.3, -0.25) is 0 Å². The molecule has 1 aromatic rings. The van der Waals surface area contributed by atoms with E-state index in [0.717, 1.165) is 16.7 Å². The van der Waals surface area contributed by atoms with E-state index in [0.29, 0.717) is 42.6 Å². The molecular formula is C23H32O5. The van der Waals surface area contributed by atoms with Crippen LogP contribution in [0.25, 0.3) is 0 Å². The predicted octanol–water partition coefficient (Wildman–Crippen LogP) is 5.51. The summed E-state index contributed by atoms with van der Waals surface area (Å²) < 4.78 is 22.6. The molecule has 0 aromatic heterocycles. The molecule has 0 spiro atoms. The minimum Gasteiger partial charge on any atom is -0.485 e. The molecule has 0 amide bonds. The maximum Gasteiger partial charge on any atom is 0.338 e. The standard InChI is InChI=1S/C23H32O5/c1-16(2)8-11-26-20-14-19(23(24)25-7)15-21(27-12-9-17(3)4)22(20)28-13-10-18(5)6/h8-10,14-15H,11-13H2,1-7H3. The number of allylic oxidation sites excluding steroid dienone is 3. The maximum absolute atomic E-state index is 12.1. The molecule has 0 radical (unpaired) electrons. The third-order valence-electron chi connectivity index (χ3n) is 3.62. The number of rotatable bonds is 10. The molecular weight excluding hydrogens is 356 g/mol. The van der Waals surface area contributed by atoms with Crippen molar-refractivity contribution in [3.8, 4) is 17.2 Å². The number of hydrogen-bond acceptors (Lipinski definition) is 5. The van der Waals surface area contributed by atoms with Crippen LogP contribution in [-0.2, 0) is 4.74 Å². The highest BCUT2D eigenvalue weighted by molar-refractivity contribution is 5.91. The summed E-state index contributed by atoms with van der Waals surface area (Å²) in [6.45, 7) is 13.1. The Labute approximate surface area is 168 Å². The van der Waals surface area contributed by atoms with Gasteiger partial charge in [-0.25, -0.2) is 4.79 Å². The third kappa shape index (κ3) is 8.33. The Morgan fingerprint density at radius 3 is 1.50 bits per heavy atom. The first kappa shape index (κ1) is 23.3. The molecule has 0 N–H and O–H groups in total. The van der Waals surface area contributed by atoms with E-state index in [1.54, 1.807) is 12.1 Å². The highest BCUT2D eigenvalue weighted by Crippen LogP contribution is 2.39. The zero-order chi connectivity index (χ0) is 21.1. The average molecular weight is 389 g/mol. The summed E-state index contributed by atoms with van der Waals surface area (Å²) >= 11 is 0. The molecule has 0 aliphatic heterocycles. The lowest BCUT2D eigenvalue weighted by atomic mass is 10.2. The molecule has 1 rings (SSSR count). The quantitative estimate of drug-likeness (QED) is 0.391. The van der Waals surface area contributed by atoms with Gasteiger partial charge in [0.2, 0.25) is 5.75 Å². The van der Waals surface area contributed by atoms with Gasteiger partial charge in [0.1, 0.15) is 19.8 Å². The van der Waals surface area contributed by atoms with Gasteiger partial charge in [-0.15, -0.1) is 0 Å². The first-order valence-corrected chi connectivity index (χ1v) is 9.29. The molecule has 0 aliphatic carbocycles. The van der Waals surface area contributed by atoms with Crippen molar-refractivity contribution in [2.75, 3.05) is 26.9 Å². The Morgan fingerprint density at radius 1 is 0.750 bits per heavy atom. The van der Waals surface area contributed by atoms with Gasteiger partial charge in [-0.05, 0) is 71.9 Å². The Bertz CT molecular complexity index is 701. The Hall–Kier alpha value is -2.69. The van der Waals surface area contributed by atoms with Crippen molar-refractivity contribution in [3.63, 3.8) is 0 Å². The lowest BCUT2D eigenvalue weighted by Crippen LogP contribution is -2.08. The van der Waals surface area contributed by atoms with Crippen molar-refractivity contribution in [2.45, 2.75) is 41.5 Å². The minimum absolute atomic E-state index is 0.344. The molecule has 0 unspecified atom stereocenters. The molecule has 0 saturated carbocycles. The monoisotopic (exact) mass is 388 g/mol. The minimum atomic E-state index is -0.463. The topological polar surface area (TPSA) is 54.0 Å².